The molecule has 0 N–H and O–H groups in total. The molecule has 0 saturated carbocycles. The third-order valence-corrected chi connectivity index (χ3v) is 8.93. The van der Waals surface area contributed by atoms with Gasteiger partial charge in [0.05, 0.1) is 34.2 Å². The Kier molecular flexibility index (Phi) is 5.66. The summed E-state index contributed by atoms with van der Waals surface area (Å²) in [6, 6.07) is 0. The summed E-state index contributed by atoms with van der Waals surface area (Å²) >= 11 is 37.0. The van der Waals surface area contributed by atoms with Gasteiger partial charge < -0.3 is 0 Å². The van der Waals surface area contributed by atoms with E-state index in [0.29, 0.717) is 9.10 Å². The molecular weight excluding hydrogens is 433 g/mol. The van der Waals surface area contributed by atoms with Gasteiger partial charge in [-0.05, 0) is 10.3 Å². The Bertz CT molecular complexity index is 678. The number of benzene rings is 1. The monoisotopic (exact) mass is 430 g/mol. The molecule has 2 rings (SSSR count). The average molecular weight is 433 g/mol. The van der Waals surface area contributed by atoms with Gasteiger partial charge in [0, 0.05) is 0 Å². The van der Waals surface area contributed by atoms with Gasteiger partial charge in [0.25, 0.3) is 4.74 Å². The highest BCUT2D eigenvalue weighted by Crippen LogP contribution is 2.51. The molecule has 0 spiro atoms. The summed E-state index contributed by atoms with van der Waals surface area (Å²) < 4.78 is 0.363. The molecule has 10 heteroatoms. The fourth-order valence-electron chi connectivity index (χ4n) is 1.06. The van der Waals surface area contributed by atoms with Crippen LogP contribution in [0.1, 0.15) is 0 Å². The lowest BCUT2D eigenvalue weighted by atomic mass is 10.3. The van der Waals surface area contributed by atoms with Gasteiger partial charge in [-0.2, -0.15) is 0 Å². The quantitative estimate of drug-likeness (QED) is 0.282. The van der Waals surface area contributed by atoms with Crippen molar-refractivity contribution in [1.29, 1.82) is 0 Å². The van der Waals surface area contributed by atoms with Gasteiger partial charge in [-0.25, -0.2) is 0 Å². The van der Waals surface area contributed by atoms with Crippen LogP contribution in [0, 0.1) is 0 Å². The molecular formula is C9Cl6OS3. The molecule has 0 fully saturated rings. The highest BCUT2D eigenvalue weighted by atomic mass is 35.5. The Morgan fingerprint density at radius 1 is 0.684 bits per heavy atom. The van der Waals surface area contributed by atoms with E-state index in [9.17, 15) is 4.79 Å². The molecule has 0 aliphatic carbocycles. The molecule has 0 aliphatic heterocycles. The van der Waals surface area contributed by atoms with E-state index >= 15 is 0 Å². The van der Waals surface area contributed by atoms with Crippen LogP contribution in [0.5, 0.6) is 0 Å². The summed E-state index contributed by atoms with van der Waals surface area (Å²) in [6.45, 7) is 0. The first kappa shape index (κ1) is 16.5. The third kappa shape index (κ3) is 3.17. The van der Waals surface area contributed by atoms with E-state index in [4.69, 9.17) is 69.6 Å². The van der Waals surface area contributed by atoms with Gasteiger partial charge >= 0.3 is 0 Å². The zero-order valence-electron chi connectivity index (χ0n) is 8.40. The van der Waals surface area contributed by atoms with E-state index in [0.717, 1.165) is 22.1 Å². The molecule has 1 heterocycles. The molecule has 1 aromatic heterocycles. The minimum atomic E-state index is -0.215. The van der Waals surface area contributed by atoms with Gasteiger partial charge in [0.15, 0.2) is 0 Å². The summed E-state index contributed by atoms with van der Waals surface area (Å²) in [6.07, 6.45) is 0. The van der Waals surface area contributed by atoms with Crippen molar-refractivity contribution in [2.45, 2.75) is 9.10 Å². The zero-order valence-corrected chi connectivity index (χ0v) is 15.4. The normalized spacial score (nSPS) is 11.1. The minimum absolute atomic E-state index is 0.0901. The smallest absolute Gasteiger partial charge is 0.262 e. The third-order valence-electron chi connectivity index (χ3n) is 1.92. The van der Waals surface area contributed by atoms with Gasteiger partial charge in [0.2, 0.25) is 0 Å². The van der Waals surface area contributed by atoms with Gasteiger partial charge in [-0.3, -0.25) is 4.79 Å². The van der Waals surface area contributed by atoms with Gasteiger partial charge in [-0.15, -0.1) is 0 Å². The summed E-state index contributed by atoms with van der Waals surface area (Å²) in [5, 5.41) is 0.792. The molecule has 0 saturated heterocycles. The molecule has 0 unspecified atom stereocenters. The van der Waals surface area contributed by atoms with Crippen molar-refractivity contribution >= 4 is 102 Å². The second-order valence-corrected chi connectivity index (χ2v) is 8.72. The first-order valence-corrected chi connectivity index (χ1v) is 9.56. The predicted octanol–water partition coefficient (Wildman–Crippen LogP) is 7.24. The molecule has 0 aliphatic rings. The Morgan fingerprint density at radius 2 is 1.16 bits per heavy atom. The van der Waals surface area contributed by atoms with E-state index < -0.39 is 0 Å². The van der Waals surface area contributed by atoms with Crippen LogP contribution >= 0.6 is 102 Å². The van der Waals surface area contributed by atoms with E-state index in [1.54, 1.807) is 0 Å². The number of hydrogen-bond acceptors (Lipinski definition) is 4. The summed E-state index contributed by atoms with van der Waals surface area (Å²) in [5.74, 6) is 0. The van der Waals surface area contributed by atoms with Crippen LogP contribution in [0.2, 0.25) is 30.1 Å². The average Bonchev–Trinajstić information content (AvgIpc) is 2.71. The second-order valence-electron chi connectivity index (χ2n) is 3.06. The van der Waals surface area contributed by atoms with Crippen molar-refractivity contribution in [3.63, 3.8) is 0 Å². The van der Waals surface area contributed by atoms with Crippen molar-refractivity contribution < 1.29 is 0 Å². The van der Waals surface area contributed by atoms with Gasteiger partial charge in [-0.1, -0.05) is 91.7 Å². The highest BCUT2D eigenvalue weighted by Gasteiger charge is 2.22. The van der Waals surface area contributed by atoms with Crippen molar-refractivity contribution in [2.24, 2.45) is 0 Å². The van der Waals surface area contributed by atoms with E-state index in [1.165, 1.54) is 10.3 Å². The molecule has 1 aromatic carbocycles. The van der Waals surface area contributed by atoms with Crippen LogP contribution in [0.25, 0.3) is 0 Å². The molecule has 19 heavy (non-hydrogen) atoms. The van der Waals surface area contributed by atoms with E-state index in [2.05, 4.69) is 0 Å². The van der Waals surface area contributed by atoms with Crippen LogP contribution in [0.3, 0.4) is 0 Å². The van der Waals surface area contributed by atoms with Crippen LogP contribution in [-0.2, 0) is 0 Å². The maximum atomic E-state index is 11.3. The SMILES string of the molecule is O=c1ssc(Sc2c(Cl)c(Cl)c(Cl)c(Cl)c2Cl)c1Cl. The fraction of sp³-hybridized carbons (Fsp3) is 0. The van der Waals surface area contributed by atoms with Gasteiger partial charge in [0.1, 0.15) is 5.02 Å². The summed E-state index contributed by atoms with van der Waals surface area (Å²) in [4.78, 5) is 11.7. The highest BCUT2D eigenvalue weighted by molar-refractivity contribution is 8.03. The number of rotatable bonds is 2. The van der Waals surface area contributed by atoms with Crippen molar-refractivity contribution in [3.8, 4) is 0 Å². The molecule has 0 amide bonds. The van der Waals surface area contributed by atoms with Crippen LogP contribution in [0.15, 0.2) is 13.9 Å². The Morgan fingerprint density at radius 3 is 1.58 bits per heavy atom. The standard InChI is InChI=1S/C9Cl6OS3/c10-1-2(11)4(13)7(5(14)3(1)12)17-9-6(15)8(16)18-19-9. The van der Waals surface area contributed by atoms with Crippen molar-refractivity contribution in [1.82, 2.24) is 0 Å². The Hall–Kier alpha value is 1.16. The van der Waals surface area contributed by atoms with E-state index in [-0.39, 0.29) is 34.9 Å². The molecule has 0 bridgehead atoms. The number of halogens is 6. The predicted molar refractivity (Wildman–Crippen MR) is 89.1 cm³/mol. The summed E-state index contributed by atoms with van der Waals surface area (Å²) in [7, 11) is 2.26. The Balaban J connectivity index is 2.58. The first-order valence-electron chi connectivity index (χ1n) is 4.32. The largest absolute Gasteiger partial charge is 0.275 e. The zero-order chi connectivity index (χ0) is 14.3. The maximum absolute atomic E-state index is 11.3. The van der Waals surface area contributed by atoms with Crippen molar-refractivity contribution in [2.75, 3.05) is 0 Å². The van der Waals surface area contributed by atoms with Crippen LogP contribution in [-0.4, -0.2) is 0 Å². The first-order chi connectivity index (χ1) is 8.84. The number of hydrogen-bond donors (Lipinski definition) is 0. The molecule has 102 valence electrons. The Labute approximate surface area is 149 Å². The lowest BCUT2D eigenvalue weighted by Gasteiger charge is -2.10. The van der Waals surface area contributed by atoms with Crippen LogP contribution in [0.4, 0.5) is 0 Å². The molecule has 2 aromatic rings. The second kappa shape index (κ2) is 6.51. The van der Waals surface area contributed by atoms with E-state index in [1.807, 2.05) is 0 Å². The molecule has 0 atom stereocenters. The topological polar surface area (TPSA) is 17.1 Å². The molecule has 0 radical (unpaired) electrons. The summed E-state index contributed by atoms with van der Waals surface area (Å²) in [5.41, 5.74) is 0. The molecule has 1 nitrogen and oxygen atoms in total. The fourth-order valence-corrected chi connectivity index (χ4v) is 6.49. The lowest BCUT2D eigenvalue weighted by Crippen LogP contribution is -1.88. The van der Waals surface area contributed by atoms with Crippen LogP contribution < -0.4 is 4.74 Å². The minimum Gasteiger partial charge on any atom is -0.275 e. The lowest BCUT2D eigenvalue weighted by molar-refractivity contribution is 1.45. The van der Waals surface area contributed by atoms with Crippen molar-refractivity contribution in [3.05, 3.63) is 39.7 Å². The maximum Gasteiger partial charge on any atom is 0.262 e.